The fraction of sp³-hybridized carbons (Fsp3) is 0.429. The first-order chi connectivity index (χ1) is 10.5. The molecule has 1 heterocycles. The van der Waals surface area contributed by atoms with Crippen LogP contribution in [-0.2, 0) is 19.2 Å². The van der Waals surface area contributed by atoms with Crippen molar-refractivity contribution in [3.05, 3.63) is 23.0 Å². The van der Waals surface area contributed by atoms with Crippen molar-refractivity contribution in [2.24, 2.45) is 0 Å². The van der Waals surface area contributed by atoms with Crippen LogP contribution in [-0.4, -0.2) is 45.2 Å². The van der Waals surface area contributed by atoms with Crippen LogP contribution in [0.2, 0.25) is 0 Å². The molecule has 0 saturated heterocycles. The summed E-state index contributed by atoms with van der Waals surface area (Å²) in [5.41, 5.74) is 0. The number of ketones is 1. The van der Waals surface area contributed by atoms with Gasteiger partial charge in [-0.15, -0.1) is 23.5 Å². The summed E-state index contributed by atoms with van der Waals surface area (Å²) in [6.45, 7) is 2.95. The van der Waals surface area contributed by atoms with Crippen molar-refractivity contribution >= 4 is 47.0 Å². The van der Waals surface area contributed by atoms with Gasteiger partial charge in [0.2, 0.25) is 5.91 Å². The summed E-state index contributed by atoms with van der Waals surface area (Å²) >= 11 is 2.77. The van der Waals surface area contributed by atoms with E-state index in [9.17, 15) is 19.2 Å². The zero-order valence-electron chi connectivity index (χ0n) is 12.5. The van der Waals surface area contributed by atoms with Crippen molar-refractivity contribution in [1.29, 1.82) is 0 Å². The van der Waals surface area contributed by atoms with Gasteiger partial charge in [-0.25, -0.2) is 5.01 Å². The number of carbonyl (C=O) groups is 4. The Balaban J connectivity index is 3.21. The highest BCUT2D eigenvalue weighted by Crippen LogP contribution is 2.17. The maximum Gasteiger partial charge on any atom is 0.272 e. The van der Waals surface area contributed by atoms with Gasteiger partial charge in [0, 0.05) is 30.1 Å². The lowest BCUT2D eigenvalue weighted by Gasteiger charge is -2.31. The van der Waals surface area contributed by atoms with Crippen LogP contribution in [0, 0.1) is 0 Å². The molecule has 0 N–H and O–H groups in total. The Morgan fingerprint density at radius 3 is 2.18 bits per heavy atom. The van der Waals surface area contributed by atoms with E-state index in [0.29, 0.717) is 5.08 Å². The second kappa shape index (κ2) is 9.47. The van der Waals surface area contributed by atoms with Gasteiger partial charge in [0.15, 0.2) is 5.78 Å². The predicted octanol–water partition coefficient (Wildman–Crippen LogP) is 1.94. The molecule has 1 aliphatic rings. The van der Waals surface area contributed by atoms with Crippen molar-refractivity contribution in [3.63, 3.8) is 0 Å². The summed E-state index contributed by atoms with van der Waals surface area (Å²) in [4.78, 5) is 48.3. The second-order valence-corrected chi connectivity index (χ2v) is 6.40. The molecule has 0 aromatic rings. The van der Waals surface area contributed by atoms with Crippen LogP contribution in [0.3, 0.4) is 0 Å². The molecule has 22 heavy (non-hydrogen) atoms. The molecular weight excluding hydrogens is 324 g/mol. The second-order valence-electron chi connectivity index (χ2n) is 4.24. The van der Waals surface area contributed by atoms with Crippen molar-refractivity contribution in [1.82, 2.24) is 10.0 Å². The average molecular weight is 342 g/mol. The number of Topliss-reactive ketones (excluding diaryl/α,β-unsaturated/α-hetero) is 1. The monoisotopic (exact) mass is 342 g/mol. The lowest BCUT2D eigenvalue weighted by atomic mass is 10.3. The molecule has 0 fully saturated rings. The summed E-state index contributed by atoms with van der Waals surface area (Å²) in [6, 6.07) is 0. The number of carbonyl (C=O) groups excluding carboxylic acids is 4. The Morgan fingerprint density at radius 1 is 1.05 bits per heavy atom. The number of imide groups is 1. The van der Waals surface area contributed by atoms with Gasteiger partial charge in [0.25, 0.3) is 11.8 Å². The summed E-state index contributed by atoms with van der Waals surface area (Å²) in [5.74, 6) is -1.96. The maximum absolute atomic E-state index is 12.3. The first kappa shape index (κ1) is 18.5. The molecule has 0 radical (unpaired) electrons. The fourth-order valence-electron chi connectivity index (χ4n) is 1.54. The predicted molar refractivity (Wildman–Crippen MR) is 87.5 cm³/mol. The van der Waals surface area contributed by atoms with Gasteiger partial charge in [-0.05, 0) is 10.8 Å². The SMILES string of the molecule is CCC(=O)CN1C(=O)C=CSCSC=CC(=O)N1C(=O)CC. The largest absolute Gasteiger partial charge is 0.298 e. The Hall–Kier alpha value is -1.54. The van der Waals surface area contributed by atoms with Gasteiger partial charge < -0.3 is 0 Å². The normalized spacial score (nSPS) is 16.6. The van der Waals surface area contributed by atoms with Crippen LogP contribution >= 0.6 is 23.5 Å². The van der Waals surface area contributed by atoms with E-state index < -0.39 is 17.7 Å². The van der Waals surface area contributed by atoms with Crippen molar-refractivity contribution in [2.45, 2.75) is 26.7 Å². The molecule has 0 bridgehead atoms. The van der Waals surface area contributed by atoms with E-state index in [0.717, 1.165) is 10.0 Å². The number of amides is 3. The number of hydrogen-bond acceptors (Lipinski definition) is 6. The number of hydrazine groups is 1. The molecule has 0 spiro atoms. The molecule has 0 unspecified atom stereocenters. The van der Waals surface area contributed by atoms with Crippen molar-refractivity contribution in [3.8, 4) is 0 Å². The van der Waals surface area contributed by atoms with Gasteiger partial charge in [0.05, 0.1) is 0 Å². The van der Waals surface area contributed by atoms with Gasteiger partial charge in [-0.3, -0.25) is 19.2 Å². The highest BCUT2D eigenvalue weighted by molar-refractivity contribution is 8.18. The van der Waals surface area contributed by atoms with E-state index in [4.69, 9.17) is 0 Å². The minimum atomic E-state index is -0.628. The Morgan fingerprint density at radius 2 is 1.64 bits per heavy atom. The summed E-state index contributed by atoms with van der Waals surface area (Å²) < 4.78 is 0. The van der Waals surface area contributed by atoms with E-state index in [1.54, 1.807) is 24.7 Å². The topological polar surface area (TPSA) is 74.8 Å². The summed E-state index contributed by atoms with van der Waals surface area (Å²) in [6.07, 6.45) is 2.77. The number of thioether (sulfide) groups is 2. The van der Waals surface area contributed by atoms with Crippen LogP contribution in [0.1, 0.15) is 26.7 Å². The lowest BCUT2D eigenvalue weighted by Crippen LogP contribution is -2.53. The molecule has 8 heteroatoms. The van der Waals surface area contributed by atoms with E-state index in [1.165, 1.54) is 35.7 Å². The van der Waals surface area contributed by atoms with Crippen LogP contribution in [0.15, 0.2) is 23.0 Å². The van der Waals surface area contributed by atoms with Gasteiger partial charge in [-0.2, -0.15) is 5.01 Å². The van der Waals surface area contributed by atoms with Crippen molar-refractivity contribution < 1.29 is 19.2 Å². The molecule has 120 valence electrons. The summed E-state index contributed by atoms with van der Waals surface area (Å²) in [7, 11) is 0. The Labute approximate surface area is 137 Å². The molecule has 1 rings (SSSR count). The van der Waals surface area contributed by atoms with E-state index >= 15 is 0 Å². The standard InChI is InChI=1S/C14H18N2O4S2/c1-3-11(17)9-15-13(19)5-7-21-10-22-8-6-14(20)16(15)12(18)4-2/h5-8H,3-4,9-10H2,1-2H3. The molecule has 0 aromatic heterocycles. The first-order valence-electron chi connectivity index (χ1n) is 6.77. The van der Waals surface area contributed by atoms with Crippen molar-refractivity contribution in [2.75, 3.05) is 11.6 Å². The molecule has 0 aromatic carbocycles. The molecule has 0 aliphatic carbocycles. The van der Waals surface area contributed by atoms with Crippen LogP contribution in [0.4, 0.5) is 0 Å². The number of nitrogens with zero attached hydrogens (tertiary/aromatic N) is 2. The number of rotatable bonds is 4. The maximum atomic E-state index is 12.3. The van der Waals surface area contributed by atoms with E-state index in [-0.39, 0.29) is 25.2 Å². The third-order valence-electron chi connectivity index (χ3n) is 2.71. The number of hydrogen-bond donors (Lipinski definition) is 0. The minimum Gasteiger partial charge on any atom is -0.298 e. The third-order valence-corrected chi connectivity index (χ3v) is 4.46. The zero-order valence-corrected chi connectivity index (χ0v) is 14.1. The molecule has 6 nitrogen and oxygen atoms in total. The van der Waals surface area contributed by atoms with Gasteiger partial charge in [0.1, 0.15) is 6.54 Å². The van der Waals surface area contributed by atoms with Crippen LogP contribution in [0.5, 0.6) is 0 Å². The van der Waals surface area contributed by atoms with Crippen LogP contribution in [0.25, 0.3) is 0 Å². The van der Waals surface area contributed by atoms with Gasteiger partial charge in [-0.1, -0.05) is 13.8 Å². The molecule has 0 saturated carbocycles. The molecule has 1 aliphatic heterocycles. The lowest BCUT2D eigenvalue weighted by molar-refractivity contribution is -0.169. The molecular formula is C14H18N2O4S2. The van der Waals surface area contributed by atoms with E-state index in [1.807, 2.05) is 0 Å². The average Bonchev–Trinajstić information content (AvgIpc) is 2.54. The van der Waals surface area contributed by atoms with Gasteiger partial charge >= 0.3 is 0 Å². The highest BCUT2D eigenvalue weighted by atomic mass is 32.2. The molecule has 0 atom stereocenters. The zero-order chi connectivity index (χ0) is 16.5. The molecule has 3 amide bonds. The first-order valence-corrected chi connectivity index (χ1v) is 8.87. The highest BCUT2D eigenvalue weighted by Gasteiger charge is 2.30. The smallest absolute Gasteiger partial charge is 0.272 e. The summed E-state index contributed by atoms with van der Waals surface area (Å²) in [5, 5.41) is 5.49. The Kier molecular flexibility index (Phi) is 7.97. The van der Waals surface area contributed by atoms with E-state index in [2.05, 4.69) is 0 Å². The fourth-order valence-corrected chi connectivity index (χ4v) is 2.91. The Bertz CT molecular complexity index is 517. The minimum absolute atomic E-state index is 0.0509. The van der Waals surface area contributed by atoms with Crippen LogP contribution < -0.4 is 0 Å². The third kappa shape index (κ3) is 5.34. The quantitative estimate of drug-likeness (QED) is 0.777.